The minimum atomic E-state index is -0.779. The Balaban J connectivity index is 1.06. The summed E-state index contributed by atoms with van der Waals surface area (Å²) in [5.41, 5.74) is 1.08. The molecule has 4 heterocycles. The number of halogens is 1. The molecule has 0 spiro atoms. The van der Waals surface area contributed by atoms with Crippen LogP contribution in [-0.4, -0.2) is 87.4 Å². The highest BCUT2D eigenvalue weighted by Gasteiger charge is 2.32. The molecule has 1 saturated heterocycles. The van der Waals surface area contributed by atoms with Gasteiger partial charge in [0.15, 0.2) is 12.1 Å². The van der Waals surface area contributed by atoms with Crippen molar-refractivity contribution >= 4 is 29.4 Å². The molecule has 0 radical (unpaired) electrons. The first-order valence-corrected chi connectivity index (χ1v) is 17.2. The van der Waals surface area contributed by atoms with E-state index in [0.717, 1.165) is 42.8 Å². The van der Waals surface area contributed by atoms with Crippen LogP contribution in [0.2, 0.25) is 5.02 Å². The van der Waals surface area contributed by atoms with Crippen LogP contribution in [0.3, 0.4) is 0 Å². The molecule has 1 aliphatic carbocycles. The summed E-state index contributed by atoms with van der Waals surface area (Å²) in [6.07, 6.45) is 5.56. The van der Waals surface area contributed by atoms with Crippen molar-refractivity contribution in [2.75, 3.05) is 43.6 Å². The fourth-order valence-electron chi connectivity index (χ4n) is 6.07. The van der Waals surface area contributed by atoms with Gasteiger partial charge in [0.05, 0.1) is 35.4 Å². The molecule has 3 aromatic rings. The average molecular weight is 697 g/mol. The molecule has 5 rings (SSSR count). The van der Waals surface area contributed by atoms with E-state index in [1.54, 1.807) is 20.0 Å². The van der Waals surface area contributed by atoms with Gasteiger partial charge in [-0.1, -0.05) is 17.7 Å². The Hall–Kier alpha value is -4.10. The Kier molecular flexibility index (Phi) is 12.9. The van der Waals surface area contributed by atoms with Gasteiger partial charge >= 0.3 is 6.16 Å². The number of hydrogen-bond donors (Lipinski definition) is 3. The van der Waals surface area contributed by atoms with Crippen molar-refractivity contribution in [2.24, 2.45) is 5.41 Å². The lowest BCUT2D eigenvalue weighted by molar-refractivity contribution is -0.00389. The molecular formula is C33H45ClN10O5. The predicted octanol–water partition coefficient (Wildman–Crippen LogP) is 5.13. The van der Waals surface area contributed by atoms with E-state index < -0.39 is 17.8 Å². The van der Waals surface area contributed by atoms with E-state index >= 15 is 0 Å². The zero-order valence-corrected chi connectivity index (χ0v) is 29.0. The predicted molar refractivity (Wildman–Crippen MR) is 182 cm³/mol. The number of aromatic nitrogens is 6. The Morgan fingerprint density at radius 3 is 2.71 bits per heavy atom. The van der Waals surface area contributed by atoms with Crippen LogP contribution >= 0.6 is 11.6 Å². The standard InChI is InChI=1S/C33H45ClN10O5/c1-4-48-32(45)49-23(3)44-31(41-42-43-44)19-47-18-22(2)38-24-8-10-25(11-9-24)39-30-16-26(27(34)17-36-30)28-6-5-7-29(40-28)37-21-33(20-35)12-14-46-15-13-33/h5-7,16-17,22-25,38H,4,8-15,18-19,21H2,1-3H3,(H,36,39)(H,37,40)/t22?,23-,24-,25-/m1/s1. The zero-order chi connectivity index (χ0) is 34.6. The lowest BCUT2D eigenvalue weighted by Crippen LogP contribution is -2.43. The van der Waals surface area contributed by atoms with Crippen LogP contribution in [0.1, 0.15) is 71.3 Å². The van der Waals surface area contributed by atoms with Crippen LogP contribution in [-0.2, 0) is 25.6 Å². The van der Waals surface area contributed by atoms with Gasteiger partial charge < -0.3 is 34.9 Å². The smallest absolute Gasteiger partial charge is 0.435 e. The largest absolute Gasteiger partial charge is 0.510 e. The van der Waals surface area contributed by atoms with E-state index in [9.17, 15) is 10.1 Å². The van der Waals surface area contributed by atoms with Gasteiger partial charge in [0, 0.05) is 49.6 Å². The molecule has 2 aliphatic rings. The maximum atomic E-state index is 11.6. The quantitative estimate of drug-likeness (QED) is 0.178. The van der Waals surface area contributed by atoms with E-state index in [1.807, 2.05) is 24.3 Å². The number of nitrogens with one attached hydrogen (secondary N) is 3. The monoisotopic (exact) mass is 696 g/mol. The van der Waals surface area contributed by atoms with Crippen molar-refractivity contribution in [3.63, 3.8) is 0 Å². The van der Waals surface area contributed by atoms with Gasteiger partial charge in [-0.15, -0.1) is 5.10 Å². The molecule has 0 bridgehead atoms. The molecule has 1 saturated carbocycles. The highest BCUT2D eigenvalue weighted by molar-refractivity contribution is 6.33. The fraction of sp³-hybridized carbons (Fsp3) is 0.606. The Bertz CT molecular complexity index is 1550. The van der Waals surface area contributed by atoms with Gasteiger partial charge in [-0.2, -0.15) is 9.94 Å². The van der Waals surface area contributed by atoms with E-state index in [4.69, 9.17) is 35.5 Å². The lowest BCUT2D eigenvalue weighted by atomic mass is 9.82. The van der Waals surface area contributed by atoms with Gasteiger partial charge in [-0.05, 0) is 87.9 Å². The molecule has 1 unspecified atom stereocenters. The first-order valence-electron chi connectivity index (χ1n) is 16.8. The number of nitrogens with zero attached hydrogens (tertiary/aromatic N) is 7. The van der Waals surface area contributed by atoms with Crippen molar-refractivity contribution in [2.45, 2.75) is 90.3 Å². The van der Waals surface area contributed by atoms with Crippen LogP contribution in [0.4, 0.5) is 16.4 Å². The minimum absolute atomic E-state index is 0.118. The summed E-state index contributed by atoms with van der Waals surface area (Å²) in [6, 6.07) is 11.0. The van der Waals surface area contributed by atoms with Crippen LogP contribution in [0.5, 0.6) is 0 Å². The van der Waals surface area contributed by atoms with Crippen molar-refractivity contribution in [3.8, 4) is 17.3 Å². The summed E-state index contributed by atoms with van der Waals surface area (Å²) in [5.74, 6) is 1.91. The SMILES string of the molecule is CCOC(=O)O[C@H](C)n1nnnc1COCC(C)N[C@H]1CC[C@H](Nc2cc(-c3cccc(NCC4(C#N)CCOCC4)n3)c(Cl)cn2)CC1. The van der Waals surface area contributed by atoms with Crippen LogP contribution in [0.25, 0.3) is 11.3 Å². The van der Waals surface area contributed by atoms with Gasteiger partial charge in [0.2, 0.25) is 0 Å². The molecule has 3 aromatic heterocycles. The van der Waals surface area contributed by atoms with Crippen molar-refractivity contribution < 1.29 is 23.7 Å². The number of carbonyl (C=O) groups excluding carboxylic acids is 1. The molecule has 2 atom stereocenters. The molecule has 2 fully saturated rings. The number of carbonyl (C=O) groups is 1. The summed E-state index contributed by atoms with van der Waals surface area (Å²) < 4.78 is 22.7. The molecular weight excluding hydrogens is 652 g/mol. The average Bonchev–Trinajstić information content (AvgIpc) is 3.58. The summed E-state index contributed by atoms with van der Waals surface area (Å²) in [5, 5.41) is 32.5. The highest BCUT2D eigenvalue weighted by Crippen LogP contribution is 2.32. The molecule has 264 valence electrons. The second kappa shape index (κ2) is 17.5. The molecule has 1 aliphatic heterocycles. The zero-order valence-electron chi connectivity index (χ0n) is 28.2. The number of pyridine rings is 2. The van der Waals surface area contributed by atoms with E-state index in [-0.39, 0.29) is 25.3 Å². The van der Waals surface area contributed by atoms with Crippen molar-refractivity contribution in [3.05, 3.63) is 41.3 Å². The third-order valence-electron chi connectivity index (χ3n) is 8.81. The Morgan fingerprint density at radius 2 is 1.96 bits per heavy atom. The van der Waals surface area contributed by atoms with Crippen LogP contribution in [0.15, 0.2) is 30.5 Å². The third-order valence-corrected chi connectivity index (χ3v) is 9.11. The lowest BCUT2D eigenvalue weighted by Gasteiger charge is -2.32. The maximum Gasteiger partial charge on any atom is 0.510 e. The second-order valence-corrected chi connectivity index (χ2v) is 12.9. The molecule has 49 heavy (non-hydrogen) atoms. The van der Waals surface area contributed by atoms with Gasteiger partial charge in [0.1, 0.15) is 18.2 Å². The first-order chi connectivity index (χ1) is 23.8. The molecule has 0 aromatic carbocycles. The van der Waals surface area contributed by atoms with Crippen LogP contribution < -0.4 is 16.0 Å². The van der Waals surface area contributed by atoms with Gasteiger partial charge in [-0.25, -0.2) is 14.8 Å². The summed E-state index contributed by atoms with van der Waals surface area (Å²) in [4.78, 5) is 21.0. The molecule has 0 amide bonds. The number of rotatable bonds is 15. The van der Waals surface area contributed by atoms with Crippen molar-refractivity contribution in [1.82, 2.24) is 35.5 Å². The number of nitriles is 1. The molecule has 15 nitrogen and oxygen atoms in total. The minimum Gasteiger partial charge on any atom is -0.435 e. The number of ether oxygens (including phenoxy) is 4. The van der Waals surface area contributed by atoms with Gasteiger partial charge in [-0.3, -0.25) is 0 Å². The number of anilines is 2. The first kappa shape index (κ1) is 36.2. The maximum absolute atomic E-state index is 11.6. The van der Waals surface area contributed by atoms with Crippen LogP contribution in [0, 0.1) is 16.7 Å². The van der Waals surface area contributed by atoms with Crippen molar-refractivity contribution in [1.29, 1.82) is 5.26 Å². The number of tetrazole rings is 1. The third kappa shape index (κ3) is 10.2. The normalized spacial score (nSPS) is 20.1. The topological polar surface area (TPSA) is 183 Å². The Morgan fingerprint density at radius 1 is 1.18 bits per heavy atom. The summed E-state index contributed by atoms with van der Waals surface area (Å²) >= 11 is 6.59. The summed E-state index contributed by atoms with van der Waals surface area (Å²) in [6.45, 7) is 8.02. The van der Waals surface area contributed by atoms with Gasteiger partial charge in [0.25, 0.3) is 0 Å². The fourth-order valence-corrected chi connectivity index (χ4v) is 6.27. The molecule has 3 N–H and O–H groups in total. The summed E-state index contributed by atoms with van der Waals surface area (Å²) in [7, 11) is 0. The van der Waals surface area contributed by atoms with E-state index in [1.165, 1.54) is 4.68 Å². The second-order valence-electron chi connectivity index (χ2n) is 12.5. The van der Waals surface area contributed by atoms with E-state index in [0.29, 0.717) is 61.9 Å². The number of hydrogen-bond acceptors (Lipinski definition) is 14. The molecule has 16 heteroatoms. The highest BCUT2D eigenvalue weighted by atomic mass is 35.5. The Labute approximate surface area is 291 Å². The van der Waals surface area contributed by atoms with E-state index in [2.05, 4.69) is 49.5 Å².